The summed E-state index contributed by atoms with van der Waals surface area (Å²) in [5.74, 6) is 0.157. The molecule has 1 amide bonds. The molecule has 0 saturated heterocycles. The van der Waals surface area contributed by atoms with Gasteiger partial charge in [0.2, 0.25) is 11.0 Å². The van der Waals surface area contributed by atoms with E-state index in [1.807, 2.05) is 6.92 Å². The maximum Gasteiger partial charge on any atom is 0.233 e. The van der Waals surface area contributed by atoms with E-state index in [1.165, 1.54) is 35.2 Å². The molecule has 0 spiro atoms. The normalized spacial score (nSPS) is 12.2. The minimum Gasteiger partial charge on any atom is -0.360 e. The number of nitrogens with zero attached hydrogens (tertiary/aromatic N) is 2. The summed E-state index contributed by atoms with van der Waals surface area (Å²) in [6.45, 7) is 7.29. The van der Waals surface area contributed by atoms with Gasteiger partial charge in [-0.05, 0) is 30.5 Å². The number of carbonyl (C=O) groups excluding carboxylic acids is 1. The number of nitrogens with one attached hydrogen (secondary N) is 2. The summed E-state index contributed by atoms with van der Waals surface area (Å²) in [6.07, 6.45) is 0. The van der Waals surface area contributed by atoms with Gasteiger partial charge in [0, 0.05) is 13.1 Å². The van der Waals surface area contributed by atoms with Crippen molar-refractivity contribution < 1.29 is 9.18 Å². The average Bonchev–Trinajstić information content (AvgIpc) is 2.99. The van der Waals surface area contributed by atoms with Crippen LogP contribution in [0.25, 0.3) is 0 Å². The highest BCUT2D eigenvalue weighted by Crippen LogP contribution is 2.29. The van der Waals surface area contributed by atoms with Crippen molar-refractivity contribution in [3.63, 3.8) is 0 Å². The molecule has 1 unspecified atom stereocenters. The van der Waals surface area contributed by atoms with E-state index in [1.54, 1.807) is 12.1 Å². The van der Waals surface area contributed by atoms with Crippen LogP contribution in [-0.2, 0) is 11.3 Å². The summed E-state index contributed by atoms with van der Waals surface area (Å²) in [6, 6.07) is 6.08. The molecular weight excluding hydrogens is 347 g/mol. The fraction of sp³-hybridized carbons (Fsp3) is 0.438. The highest BCUT2D eigenvalue weighted by molar-refractivity contribution is 8.02. The maximum absolute atomic E-state index is 12.8. The first kappa shape index (κ1) is 18.7. The third-order valence-electron chi connectivity index (χ3n) is 3.09. The lowest BCUT2D eigenvalue weighted by Crippen LogP contribution is -2.30. The Morgan fingerprint density at radius 2 is 1.96 bits per heavy atom. The fourth-order valence-corrected chi connectivity index (χ4v) is 3.69. The van der Waals surface area contributed by atoms with Crippen molar-refractivity contribution in [1.82, 2.24) is 15.5 Å². The third-order valence-corrected chi connectivity index (χ3v) is 5.16. The van der Waals surface area contributed by atoms with E-state index in [9.17, 15) is 9.18 Å². The molecule has 2 aromatic rings. The molecule has 1 heterocycles. The highest BCUT2D eigenvalue weighted by Gasteiger charge is 2.17. The van der Waals surface area contributed by atoms with Crippen LogP contribution < -0.4 is 10.6 Å². The van der Waals surface area contributed by atoms with Crippen LogP contribution in [-0.4, -0.2) is 27.9 Å². The molecule has 0 bridgehead atoms. The number of anilines is 1. The van der Waals surface area contributed by atoms with Crippen molar-refractivity contribution in [3.8, 4) is 0 Å². The summed E-state index contributed by atoms with van der Waals surface area (Å²) >= 11 is 2.82. The van der Waals surface area contributed by atoms with Crippen molar-refractivity contribution in [3.05, 3.63) is 35.6 Å². The smallest absolute Gasteiger partial charge is 0.233 e. The molecule has 5 nitrogen and oxygen atoms in total. The Kier molecular flexibility index (Phi) is 6.99. The van der Waals surface area contributed by atoms with Gasteiger partial charge in [-0.25, -0.2) is 4.39 Å². The molecule has 1 aromatic heterocycles. The van der Waals surface area contributed by atoms with E-state index in [-0.39, 0.29) is 17.0 Å². The Morgan fingerprint density at radius 1 is 1.25 bits per heavy atom. The lowest BCUT2D eigenvalue weighted by molar-refractivity contribution is -0.120. The summed E-state index contributed by atoms with van der Waals surface area (Å²) in [5.41, 5.74) is 0.859. The zero-order valence-electron chi connectivity index (χ0n) is 13.9. The number of hydrogen-bond donors (Lipinski definition) is 2. The Morgan fingerprint density at radius 3 is 2.62 bits per heavy atom. The Hall–Kier alpha value is -1.67. The topological polar surface area (TPSA) is 66.9 Å². The van der Waals surface area contributed by atoms with E-state index in [2.05, 4.69) is 34.7 Å². The van der Waals surface area contributed by atoms with Gasteiger partial charge in [-0.1, -0.05) is 49.1 Å². The summed E-state index contributed by atoms with van der Waals surface area (Å²) in [4.78, 5) is 12.1. The molecule has 0 aliphatic carbocycles. The van der Waals surface area contributed by atoms with Crippen LogP contribution >= 0.6 is 23.1 Å². The first-order valence-electron chi connectivity index (χ1n) is 7.70. The van der Waals surface area contributed by atoms with Crippen LogP contribution in [0, 0.1) is 11.7 Å². The zero-order valence-corrected chi connectivity index (χ0v) is 15.5. The van der Waals surface area contributed by atoms with Gasteiger partial charge < -0.3 is 10.6 Å². The maximum atomic E-state index is 12.8. The van der Waals surface area contributed by atoms with Crippen LogP contribution in [0.1, 0.15) is 26.3 Å². The van der Waals surface area contributed by atoms with Gasteiger partial charge in [0.25, 0.3) is 0 Å². The van der Waals surface area contributed by atoms with Crippen molar-refractivity contribution >= 4 is 34.1 Å². The molecule has 0 saturated carbocycles. The minimum atomic E-state index is -0.285. The van der Waals surface area contributed by atoms with Crippen LogP contribution in [0.4, 0.5) is 9.52 Å². The predicted octanol–water partition coefficient (Wildman–Crippen LogP) is 3.54. The van der Waals surface area contributed by atoms with Crippen molar-refractivity contribution in [2.45, 2.75) is 36.9 Å². The van der Waals surface area contributed by atoms with E-state index in [4.69, 9.17) is 0 Å². The van der Waals surface area contributed by atoms with Crippen LogP contribution in [0.2, 0.25) is 0 Å². The number of hydrogen-bond acceptors (Lipinski definition) is 6. The second kappa shape index (κ2) is 8.98. The molecule has 0 aliphatic rings. The average molecular weight is 369 g/mol. The largest absolute Gasteiger partial charge is 0.360 e. The van der Waals surface area contributed by atoms with Gasteiger partial charge in [-0.2, -0.15) is 0 Å². The lowest BCUT2D eigenvalue weighted by Gasteiger charge is -2.10. The molecule has 0 radical (unpaired) electrons. The van der Waals surface area contributed by atoms with Gasteiger partial charge in [-0.3, -0.25) is 4.79 Å². The molecule has 1 atom stereocenters. The summed E-state index contributed by atoms with van der Waals surface area (Å²) in [5, 5.41) is 14.7. The Balaban J connectivity index is 1.79. The summed E-state index contributed by atoms with van der Waals surface area (Å²) in [7, 11) is 0. The molecule has 24 heavy (non-hydrogen) atoms. The van der Waals surface area contributed by atoms with Gasteiger partial charge in [0.1, 0.15) is 5.82 Å². The highest BCUT2D eigenvalue weighted by atomic mass is 32.2. The molecule has 0 fully saturated rings. The second-order valence-corrected chi connectivity index (χ2v) is 8.32. The van der Waals surface area contributed by atoms with Crippen molar-refractivity contribution in [2.24, 2.45) is 5.92 Å². The van der Waals surface area contributed by atoms with E-state index in [0.717, 1.165) is 21.6 Å². The molecule has 2 rings (SSSR count). The molecule has 8 heteroatoms. The third kappa shape index (κ3) is 6.09. The number of aromatic nitrogens is 2. The standard InChI is InChI=1S/C16H21FN4OS2/c1-10(2)8-19-15-20-21-16(24-15)23-11(3)14(22)18-9-12-4-6-13(17)7-5-12/h4-7,10-11H,8-9H2,1-3H3,(H,18,22)(H,19,20). The van der Waals surface area contributed by atoms with E-state index < -0.39 is 0 Å². The zero-order chi connectivity index (χ0) is 17.5. The lowest BCUT2D eigenvalue weighted by atomic mass is 10.2. The van der Waals surface area contributed by atoms with E-state index >= 15 is 0 Å². The molecular formula is C16H21FN4OS2. The second-order valence-electron chi connectivity index (χ2n) is 5.75. The van der Waals surface area contributed by atoms with E-state index in [0.29, 0.717) is 12.5 Å². The number of thioether (sulfide) groups is 1. The minimum absolute atomic E-state index is 0.0868. The number of halogens is 1. The first-order valence-corrected chi connectivity index (χ1v) is 9.40. The molecule has 130 valence electrons. The fourth-order valence-electron chi connectivity index (χ4n) is 1.76. The van der Waals surface area contributed by atoms with Gasteiger partial charge in [0.05, 0.1) is 5.25 Å². The quantitative estimate of drug-likeness (QED) is 0.698. The van der Waals surface area contributed by atoms with Crippen molar-refractivity contribution in [2.75, 3.05) is 11.9 Å². The van der Waals surface area contributed by atoms with Crippen molar-refractivity contribution in [1.29, 1.82) is 0 Å². The van der Waals surface area contributed by atoms with Crippen LogP contribution in [0.15, 0.2) is 28.6 Å². The monoisotopic (exact) mass is 368 g/mol. The van der Waals surface area contributed by atoms with Crippen LogP contribution in [0.3, 0.4) is 0 Å². The summed E-state index contributed by atoms with van der Waals surface area (Å²) < 4.78 is 13.6. The first-order chi connectivity index (χ1) is 11.4. The van der Waals surface area contributed by atoms with Gasteiger partial charge >= 0.3 is 0 Å². The Labute approximate surface area is 149 Å². The van der Waals surface area contributed by atoms with Crippen LogP contribution in [0.5, 0.6) is 0 Å². The van der Waals surface area contributed by atoms with Gasteiger partial charge in [0.15, 0.2) is 4.34 Å². The van der Waals surface area contributed by atoms with Gasteiger partial charge in [-0.15, -0.1) is 10.2 Å². The Bertz CT molecular complexity index is 660. The molecule has 0 aliphatic heterocycles. The number of benzene rings is 1. The predicted molar refractivity (Wildman–Crippen MR) is 96.8 cm³/mol. The number of amides is 1. The number of carbonyl (C=O) groups is 1. The molecule has 2 N–H and O–H groups in total. The molecule has 1 aromatic carbocycles. The SMILES string of the molecule is CC(C)CNc1nnc(SC(C)C(=O)NCc2ccc(F)cc2)s1. The number of rotatable bonds is 8.